The maximum atomic E-state index is 14.7. The summed E-state index contributed by atoms with van der Waals surface area (Å²) in [5.41, 5.74) is 2.52. The first-order valence-electron chi connectivity index (χ1n) is 15.9. The summed E-state index contributed by atoms with van der Waals surface area (Å²) in [6.45, 7) is 1.24. The van der Waals surface area contributed by atoms with E-state index in [9.17, 15) is 18.0 Å². The van der Waals surface area contributed by atoms with E-state index in [0.29, 0.717) is 10.6 Å². The fourth-order valence-electron chi connectivity index (χ4n) is 5.96. The summed E-state index contributed by atoms with van der Waals surface area (Å²) in [5, 5.41) is 3.91. The number of nitrogens with zero attached hydrogens (tertiary/aromatic N) is 2. The number of methoxy groups -OCH3 is 1. The molecule has 4 aromatic carbocycles. The summed E-state index contributed by atoms with van der Waals surface area (Å²) in [7, 11) is -2.91. The van der Waals surface area contributed by atoms with Crippen molar-refractivity contribution in [2.75, 3.05) is 18.0 Å². The van der Waals surface area contributed by atoms with Crippen LogP contribution in [0.5, 0.6) is 5.75 Å². The zero-order valence-electron chi connectivity index (χ0n) is 26.9. The number of hydrogen-bond donors (Lipinski definition) is 1. The van der Waals surface area contributed by atoms with Crippen molar-refractivity contribution >= 4 is 50.7 Å². The Bertz CT molecular complexity index is 1830. The van der Waals surface area contributed by atoms with Gasteiger partial charge in [-0.05, 0) is 73.4 Å². The number of carbonyl (C=O) groups is 2. The molecule has 0 aromatic heterocycles. The fraction of sp³-hybridized carbons (Fsp3) is 0.297. The standard InChI is InChI=1S/C37H39Cl2N3O5S/c1-26-15-18-32(19-16-26)48(45,46)42(33-23-30(39)17-20-35(33)47-2)25-36(43)41(24-28-11-8-12-29(38)21-28)34(22-27-9-4-3-5-10-27)37(44)40-31-13-6-7-14-31/h3-5,8-12,15-21,23,31,34H,6-7,13-14,22,24-25H2,1-2H3,(H,40,44). The minimum absolute atomic E-state index is 0.00744. The minimum Gasteiger partial charge on any atom is -0.495 e. The highest BCUT2D eigenvalue weighted by Crippen LogP contribution is 2.35. The first kappa shape index (κ1) is 35.3. The number of carbonyl (C=O) groups excluding carboxylic acids is 2. The molecule has 0 aliphatic heterocycles. The molecular weight excluding hydrogens is 669 g/mol. The van der Waals surface area contributed by atoms with E-state index < -0.39 is 28.5 Å². The first-order chi connectivity index (χ1) is 23.0. The van der Waals surface area contributed by atoms with Crippen LogP contribution in [0.25, 0.3) is 0 Å². The van der Waals surface area contributed by atoms with E-state index in [1.807, 2.05) is 43.3 Å². The third kappa shape index (κ3) is 8.69. The molecule has 1 saturated carbocycles. The Labute approximate surface area is 292 Å². The van der Waals surface area contributed by atoms with Gasteiger partial charge in [0, 0.05) is 29.1 Å². The molecule has 1 aliphatic rings. The van der Waals surface area contributed by atoms with Gasteiger partial charge in [0.15, 0.2) is 0 Å². The molecule has 11 heteroatoms. The molecule has 1 aliphatic carbocycles. The van der Waals surface area contributed by atoms with Gasteiger partial charge in [0.05, 0.1) is 17.7 Å². The van der Waals surface area contributed by atoms with Crippen molar-refractivity contribution in [1.82, 2.24) is 10.2 Å². The zero-order chi connectivity index (χ0) is 34.3. The van der Waals surface area contributed by atoms with Crippen LogP contribution in [0.15, 0.2) is 102 Å². The lowest BCUT2D eigenvalue weighted by molar-refractivity contribution is -0.140. The van der Waals surface area contributed by atoms with Crippen molar-refractivity contribution in [2.24, 2.45) is 0 Å². The molecule has 2 amide bonds. The summed E-state index contributed by atoms with van der Waals surface area (Å²) in [4.78, 5) is 30.3. The topological polar surface area (TPSA) is 96.0 Å². The number of aryl methyl sites for hydroxylation is 1. The Morgan fingerprint density at radius 2 is 1.54 bits per heavy atom. The highest BCUT2D eigenvalue weighted by molar-refractivity contribution is 7.92. The number of hydrogen-bond acceptors (Lipinski definition) is 5. The molecule has 1 unspecified atom stereocenters. The summed E-state index contributed by atoms with van der Waals surface area (Å²) in [6.07, 6.45) is 3.99. The van der Waals surface area contributed by atoms with Gasteiger partial charge in [-0.1, -0.05) is 96.2 Å². The summed E-state index contributed by atoms with van der Waals surface area (Å²) in [6, 6.07) is 26.5. The lowest BCUT2D eigenvalue weighted by Crippen LogP contribution is -2.54. The van der Waals surface area contributed by atoms with E-state index in [4.69, 9.17) is 27.9 Å². The van der Waals surface area contributed by atoms with Gasteiger partial charge in [-0.2, -0.15) is 0 Å². The lowest BCUT2D eigenvalue weighted by Gasteiger charge is -2.34. The molecule has 0 spiro atoms. The lowest BCUT2D eigenvalue weighted by atomic mass is 10.0. The Kier molecular flexibility index (Phi) is 11.7. The van der Waals surface area contributed by atoms with Gasteiger partial charge in [0.1, 0.15) is 18.3 Å². The fourth-order valence-corrected chi connectivity index (χ4v) is 7.76. The molecule has 1 fully saturated rings. The Hall–Kier alpha value is -4.05. The minimum atomic E-state index is -4.33. The van der Waals surface area contributed by atoms with Crippen LogP contribution >= 0.6 is 23.2 Å². The molecule has 0 saturated heterocycles. The van der Waals surface area contributed by atoms with Crippen LogP contribution in [0, 0.1) is 6.92 Å². The van der Waals surface area contributed by atoms with E-state index in [-0.39, 0.29) is 46.3 Å². The summed E-state index contributed by atoms with van der Waals surface area (Å²) in [5.74, 6) is -0.673. The average Bonchev–Trinajstić information content (AvgIpc) is 3.58. The van der Waals surface area contributed by atoms with Gasteiger partial charge in [0.25, 0.3) is 10.0 Å². The van der Waals surface area contributed by atoms with Crippen molar-refractivity contribution in [1.29, 1.82) is 0 Å². The van der Waals surface area contributed by atoms with Crippen LogP contribution in [0.4, 0.5) is 5.69 Å². The largest absolute Gasteiger partial charge is 0.495 e. The monoisotopic (exact) mass is 707 g/mol. The molecule has 0 bridgehead atoms. The number of rotatable bonds is 13. The second-order valence-corrected chi connectivity index (χ2v) is 14.7. The molecule has 0 radical (unpaired) electrons. The van der Waals surface area contributed by atoms with Crippen molar-refractivity contribution in [3.63, 3.8) is 0 Å². The third-order valence-corrected chi connectivity index (χ3v) is 10.8. The zero-order valence-corrected chi connectivity index (χ0v) is 29.3. The van der Waals surface area contributed by atoms with Crippen LogP contribution in [0.3, 0.4) is 0 Å². The molecule has 252 valence electrons. The SMILES string of the molecule is COc1ccc(Cl)cc1N(CC(=O)N(Cc1cccc(Cl)c1)C(Cc1ccccc1)C(=O)NC1CCCC1)S(=O)(=O)c1ccc(C)cc1. The summed E-state index contributed by atoms with van der Waals surface area (Å²) < 4.78 is 35.3. The predicted octanol–water partition coefficient (Wildman–Crippen LogP) is 7.20. The molecule has 0 heterocycles. The molecule has 5 rings (SSSR count). The maximum Gasteiger partial charge on any atom is 0.264 e. The summed E-state index contributed by atoms with van der Waals surface area (Å²) >= 11 is 12.7. The molecule has 48 heavy (non-hydrogen) atoms. The van der Waals surface area contributed by atoms with E-state index >= 15 is 0 Å². The van der Waals surface area contributed by atoms with E-state index in [0.717, 1.165) is 41.1 Å². The van der Waals surface area contributed by atoms with E-state index in [1.54, 1.807) is 42.5 Å². The number of ether oxygens (including phenoxy) is 1. The smallest absolute Gasteiger partial charge is 0.264 e. The quantitative estimate of drug-likeness (QED) is 0.159. The van der Waals surface area contributed by atoms with Gasteiger partial charge >= 0.3 is 0 Å². The predicted molar refractivity (Wildman–Crippen MR) is 190 cm³/mol. The van der Waals surface area contributed by atoms with Crippen molar-refractivity contribution in [3.05, 3.63) is 124 Å². The molecule has 1 atom stereocenters. The Balaban J connectivity index is 1.60. The number of sulfonamides is 1. The van der Waals surface area contributed by atoms with Crippen LogP contribution in [-0.4, -0.2) is 50.9 Å². The van der Waals surface area contributed by atoms with E-state index in [1.165, 1.54) is 30.2 Å². The van der Waals surface area contributed by atoms with Crippen LogP contribution in [0.1, 0.15) is 42.4 Å². The van der Waals surface area contributed by atoms with Gasteiger partial charge in [0.2, 0.25) is 11.8 Å². The molecule has 1 N–H and O–H groups in total. The number of nitrogens with one attached hydrogen (secondary N) is 1. The molecular formula is C37H39Cl2N3O5S. The highest BCUT2D eigenvalue weighted by atomic mass is 35.5. The second kappa shape index (κ2) is 15.9. The Morgan fingerprint density at radius 1 is 0.875 bits per heavy atom. The van der Waals surface area contributed by atoms with Gasteiger partial charge in [-0.25, -0.2) is 8.42 Å². The molecule has 4 aromatic rings. The van der Waals surface area contributed by atoms with Crippen LogP contribution in [0.2, 0.25) is 10.0 Å². The third-order valence-electron chi connectivity index (χ3n) is 8.51. The first-order valence-corrected chi connectivity index (χ1v) is 18.1. The van der Waals surface area contributed by atoms with Gasteiger partial charge in [-0.3, -0.25) is 13.9 Å². The van der Waals surface area contributed by atoms with Gasteiger partial charge < -0.3 is 15.0 Å². The van der Waals surface area contributed by atoms with Crippen molar-refractivity contribution in [3.8, 4) is 5.75 Å². The molecule has 8 nitrogen and oxygen atoms in total. The van der Waals surface area contributed by atoms with Crippen molar-refractivity contribution < 1.29 is 22.7 Å². The Morgan fingerprint density at radius 3 is 2.21 bits per heavy atom. The average molecular weight is 709 g/mol. The number of halogens is 2. The highest BCUT2D eigenvalue weighted by Gasteiger charge is 2.36. The van der Waals surface area contributed by atoms with Gasteiger partial charge in [-0.15, -0.1) is 0 Å². The normalized spacial score (nSPS) is 13.9. The second-order valence-electron chi connectivity index (χ2n) is 12.0. The number of anilines is 1. The number of benzene rings is 4. The van der Waals surface area contributed by atoms with Crippen LogP contribution < -0.4 is 14.4 Å². The maximum absolute atomic E-state index is 14.7. The van der Waals surface area contributed by atoms with Crippen molar-refractivity contribution in [2.45, 2.75) is 62.6 Å². The van der Waals surface area contributed by atoms with E-state index in [2.05, 4.69) is 5.32 Å². The number of amides is 2. The van der Waals surface area contributed by atoms with Crippen LogP contribution in [-0.2, 0) is 32.6 Å².